The van der Waals surface area contributed by atoms with Crippen LogP contribution in [0.15, 0.2) is 18.3 Å². The zero-order valence-electron chi connectivity index (χ0n) is 6.47. The molecule has 1 aromatic carbocycles. The predicted octanol–water partition coefficient (Wildman–Crippen LogP) is 1.71. The molecule has 0 atom stereocenters. The molecule has 1 heterocycles. The average Bonchev–Trinajstić information content (AvgIpc) is 2.54. The summed E-state index contributed by atoms with van der Waals surface area (Å²) in [5.74, 6) is 0.309. The molecule has 0 saturated carbocycles. The Morgan fingerprint density at radius 2 is 2.33 bits per heavy atom. The Hall–Kier alpha value is -1.58. The Labute approximate surface area is 68.2 Å². The van der Waals surface area contributed by atoms with E-state index in [1.165, 1.54) is 19.4 Å². The number of fused-ring (bicyclic) bond motifs is 1. The van der Waals surface area contributed by atoms with Crippen LogP contribution in [0.1, 0.15) is 0 Å². The molecule has 0 saturated heterocycles. The zero-order valence-corrected chi connectivity index (χ0v) is 6.47. The molecule has 0 aliphatic rings. The summed E-state index contributed by atoms with van der Waals surface area (Å²) in [5.41, 5.74) is 0.595. The molecule has 1 N–H and O–H groups in total. The first-order valence-corrected chi connectivity index (χ1v) is 3.48. The van der Waals surface area contributed by atoms with Crippen molar-refractivity contribution in [3.8, 4) is 5.75 Å². The number of benzene rings is 1. The summed E-state index contributed by atoms with van der Waals surface area (Å²) in [6.45, 7) is 0. The first-order valence-electron chi connectivity index (χ1n) is 3.48. The van der Waals surface area contributed by atoms with Crippen LogP contribution >= 0.6 is 0 Å². The third kappa shape index (κ3) is 0.845. The summed E-state index contributed by atoms with van der Waals surface area (Å²) < 4.78 is 18.0. The lowest BCUT2D eigenvalue weighted by Gasteiger charge is -1.99. The maximum atomic E-state index is 13.0. The number of halogens is 1. The third-order valence-corrected chi connectivity index (χ3v) is 1.74. The smallest absolute Gasteiger partial charge is 0.144 e. The number of aromatic amines is 1. The SMILES string of the molecule is COc1ccc(F)c2cn[nH]c12. The lowest BCUT2D eigenvalue weighted by Crippen LogP contribution is -1.85. The van der Waals surface area contributed by atoms with Crippen LogP contribution in [0, 0.1) is 5.82 Å². The number of ether oxygens (including phenoxy) is 1. The van der Waals surface area contributed by atoms with Crippen molar-refractivity contribution in [3.05, 3.63) is 24.1 Å². The van der Waals surface area contributed by atoms with Crippen molar-refractivity contribution < 1.29 is 9.13 Å². The van der Waals surface area contributed by atoms with E-state index >= 15 is 0 Å². The molecular formula is C8H7FN2O. The molecule has 62 valence electrons. The Morgan fingerprint density at radius 1 is 1.50 bits per heavy atom. The molecule has 0 aliphatic carbocycles. The van der Waals surface area contributed by atoms with E-state index in [1.54, 1.807) is 6.07 Å². The van der Waals surface area contributed by atoms with Gasteiger partial charge < -0.3 is 4.74 Å². The van der Waals surface area contributed by atoms with Crippen LogP contribution in [0.4, 0.5) is 4.39 Å². The van der Waals surface area contributed by atoms with Crippen molar-refractivity contribution >= 4 is 10.9 Å². The fourth-order valence-corrected chi connectivity index (χ4v) is 1.15. The predicted molar refractivity (Wildman–Crippen MR) is 42.6 cm³/mol. The first kappa shape index (κ1) is 7.09. The molecule has 0 bridgehead atoms. The van der Waals surface area contributed by atoms with E-state index in [9.17, 15) is 4.39 Å². The molecule has 2 rings (SSSR count). The Morgan fingerprint density at radius 3 is 3.08 bits per heavy atom. The van der Waals surface area contributed by atoms with Gasteiger partial charge in [0.05, 0.1) is 18.7 Å². The van der Waals surface area contributed by atoms with Crippen LogP contribution in [0.2, 0.25) is 0 Å². The normalized spacial score (nSPS) is 10.5. The molecular weight excluding hydrogens is 159 g/mol. The van der Waals surface area contributed by atoms with Crippen molar-refractivity contribution in [2.24, 2.45) is 0 Å². The second-order valence-electron chi connectivity index (χ2n) is 2.41. The van der Waals surface area contributed by atoms with Gasteiger partial charge in [-0.1, -0.05) is 0 Å². The molecule has 12 heavy (non-hydrogen) atoms. The van der Waals surface area contributed by atoms with Gasteiger partial charge in [-0.05, 0) is 12.1 Å². The van der Waals surface area contributed by atoms with Gasteiger partial charge in [0.2, 0.25) is 0 Å². The quantitative estimate of drug-likeness (QED) is 0.700. The van der Waals surface area contributed by atoms with Gasteiger partial charge in [-0.2, -0.15) is 5.10 Å². The highest BCUT2D eigenvalue weighted by molar-refractivity contribution is 5.84. The minimum atomic E-state index is -0.292. The van der Waals surface area contributed by atoms with Gasteiger partial charge in [0.25, 0.3) is 0 Å². The van der Waals surface area contributed by atoms with Crippen LogP contribution in [0.5, 0.6) is 5.75 Å². The monoisotopic (exact) mass is 166 g/mol. The second kappa shape index (κ2) is 2.48. The van der Waals surface area contributed by atoms with E-state index in [0.29, 0.717) is 16.7 Å². The molecule has 0 radical (unpaired) electrons. The van der Waals surface area contributed by atoms with Crippen LogP contribution in [0.25, 0.3) is 10.9 Å². The molecule has 1 aromatic heterocycles. The minimum absolute atomic E-state index is 0.292. The molecule has 2 aromatic rings. The van der Waals surface area contributed by atoms with Crippen molar-refractivity contribution in [1.82, 2.24) is 10.2 Å². The Bertz CT molecular complexity index is 410. The fourth-order valence-electron chi connectivity index (χ4n) is 1.15. The molecule has 0 spiro atoms. The maximum absolute atomic E-state index is 13.0. The van der Waals surface area contributed by atoms with Gasteiger partial charge in [0.1, 0.15) is 17.1 Å². The number of aromatic nitrogens is 2. The second-order valence-corrected chi connectivity index (χ2v) is 2.41. The summed E-state index contributed by atoms with van der Waals surface area (Å²) in [6, 6.07) is 2.92. The highest BCUT2D eigenvalue weighted by Gasteiger charge is 2.06. The van der Waals surface area contributed by atoms with Crippen LogP contribution < -0.4 is 4.74 Å². The number of rotatable bonds is 1. The maximum Gasteiger partial charge on any atom is 0.144 e. The lowest BCUT2D eigenvalue weighted by molar-refractivity contribution is 0.418. The van der Waals surface area contributed by atoms with Crippen LogP contribution in [0.3, 0.4) is 0 Å². The number of hydrogen-bond acceptors (Lipinski definition) is 2. The molecule has 4 heteroatoms. The van der Waals surface area contributed by atoms with Gasteiger partial charge >= 0.3 is 0 Å². The zero-order chi connectivity index (χ0) is 8.55. The molecule has 0 unspecified atom stereocenters. The number of methoxy groups -OCH3 is 1. The van der Waals surface area contributed by atoms with Gasteiger partial charge in [-0.25, -0.2) is 4.39 Å². The van der Waals surface area contributed by atoms with Crippen molar-refractivity contribution in [2.45, 2.75) is 0 Å². The topological polar surface area (TPSA) is 37.9 Å². The molecule has 0 fully saturated rings. The third-order valence-electron chi connectivity index (χ3n) is 1.74. The highest BCUT2D eigenvalue weighted by atomic mass is 19.1. The summed E-state index contributed by atoms with van der Waals surface area (Å²) >= 11 is 0. The van der Waals surface area contributed by atoms with Gasteiger partial charge in [0, 0.05) is 0 Å². The van der Waals surface area contributed by atoms with E-state index < -0.39 is 0 Å². The van der Waals surface area contributed by atoms with Crippen molar-refractivity contribution in [3.63, 3.8) is 0 Å². The van der Waals surface area contributed by atoms with Crippen molar-refractivity contribution in [1.29, 1.82) is 0 Å². The van der Waals surface area contributed by atoms with Crippen LogP contribution in [-0.4, -0.2) is 17.3 Å². The van der Waals surface area contributed by atoms with E-state index in [0.717, 1.165) is 0 Å². The fraction of sp³-hybridized carbons (Fsp3) is 0.125. The number of nitrogens with one attached hydrogen (secondary N) is 1. The average molecular weight is 166 g/mol. The van der Waals surface area contributed by atoms with Crippen LogP contribution in [-0.2, 0) is 0 Å². The molecule has 0 amide bonds. The Kier molecular flexibility index (Phi) is 1.46. The van der Waals surface area contributed by atoms with Gasteiger partial charge in [0.15, 0.2) is 0 Å². The summed E-state index contributed by atoms with van der Waals surface area (Å²) in [4.78, 5) is 0. The van der Waals surface area contributed by atoms with E-state index in [-0.39, 0.29) is 5.82 Å². The van der Waals surface area contributed by atoms with E-state index in [2.05, 4.69) is 10.2 Å². The number of H-pyrrole nitrogens is 1. The first-order chi connectivity index (χ1) is 5.83. The van der Waals surface area contributed by atoms with E-state index in [4.69, 9.17) is 4.74 Å². The minimum Gasteiger partial charge on any atom is -0.494 e. The lowest BCUT2D eigenvalue weighted by atomic mass is 10.2. The van der Waals surface area contributed by atoms with E-state index in [1.807, 2.05) is 0 Å². The summed E-state index contributed by atoms with van der Waals surface area (Å²) in [6.07, 6.45) is 1.44. The summed E-state index contributed by atoms with van der Waals surface area (Å²) in [7, 11) is 1.54. The standard InChI is InChI=1S/C8H7FN2O/c1-12-7-3-2-6(9)5-4-10-11-8(5)7/h2-4H,1H3,(H,10,11). The summed E-state index contributed by atoms with van der Waals surface area (Å²) in [5, 5.41) is 6.84. The molecule has 3 nitrogen and oxygen atoms in total. The largest absolute Gasteiger partial charge is 0.494 e. The van der Waals surface area contributed by atoms with Crippen molar-refractivity contribution in [2.75, 3.05) is 7.11 Å². The molecule has 0 aliphatic heterocycles. The highest BCUT2D eigenvalue weighted by Crippen LogP contribution is 2.24. The number of hydrogen-bond donors (Lipinski definition) is 1. The number of nitrogens with zero attached hydrogens (tertiary/aromatic N) is 1. The Balaban J connectivity index is 2.82. The van der Waals surface area contributed by atoms with Gasteiger partial charge in [-0.3, -0.25) is 5.10 Å². The van der Waals surface area contributed by atoms with Gasteiger partial charge in [-0.15, -0.1) is 0 Å².